The molecule has 1 aromatic carbocycles. The summed E-state index contributed by atoms with van der Waals surface area (Å²) in [6.45, 7) is 1.99. The fraction of sp³-hybridized carbons (Fsp3) is 0.462. The van der Waals surface area contributed by atoms with Crippen molar-refractivity contribution < 1.29 is 9.53 Å². The van der Waals surface area contributed by atoms with Crippen molar-refractivity contribution in [1.29, 1.82) is 0 Å². The lowest BCUT2D eigenvalue weighted by Gasteiger charge is -2.13. The molecule has 1 fully saturated rings. The number of rotatable bonds is 3. The van der Waals surface area contributed by atoms with Crippen LogP contribution in [-0.4, -0.2) is 18.1 Å². The van der Waals surface area contributed by atoms with Crippen LogP contribution in [0.4, 0.5) is 5.69 Å². The van der Waals surface area contributed by atoms with Gasteiger partial charge in [-0.1, -0.05) is 18.2 Å². The first kappa shape index (κ1) is 12.4. The van der Waals surface area contributed by atoms with Gasteiger partial charge in [0.25, 0.3) is 5.91 Å². The maximum absolute atomic E-state index is 11.9. The summed E-state index contributed by atoms with van der Waals surface area (Å²) in [6, 6.07) is 7.54. The number of amides is 1. The van der Waals surface area contributed by atoms with Crippen molar-refractivity contribution >= 4 is 23.2 Å². The second kappa shape index (κ2) is 5.52. The molecule has 0 saturated carbocycles. The number of benzene rings is 1. The summed E-state index contributed by atoms with van der Waals surface area (Å²) in [7, 11) is 0. The number of anilines is 1. The topological polar surface area (TPSA) is 38.3 Å². The Balaban J connectivity index is 2.03. The first-order valence-electron chi connectivity index (χ1n) is 5.81. The summed E-state index contributed by atoms with van der Waals surface area (Å²) in [6.07, 6.45) is 1.58. The van der Waals surface area contributed by atoms with E-state index in [0.29, 0.717) is 5.88 Å². The minimum absolute atomic E-state index is 0.0769. The lowest BCUT2D eigenvalue weighted by Crippen LogP contribution is -2.28. The van der Waals surface area contributed by atoms with Crippen LogP contribution in [0.15, 0.2) is 24.3 Å². The van der Waals surface area contributed by atoms with Crippen LogP contribution in [0, 0.1) is 0 Å². The molecule has 1 N–H and O–H groups in total. The standard InChI is InChI=1S/C13H16ClNO2/c1-9-6-7-12(17-9)13(16)15-11-5-3-2-4-10(11)8-14/h2-5,9,12H,6-8H2,1H3,(H,15,16). The van der Waals surface area contributed by atoms with E-state index in [1.165, 1.54) is 0 Å². The van der Waals surface area contributed by atoms with Crippen LogP contribution in [-0.2, 0) is 15.4 Å². The predicted molar refractivity (Wildman–Crippen MR) is 68.2 cm³/mol. The Bertz CT molecular complexity index is 408. The second-order valence-electron chi connectivity index (χ2n) is 4.29. The van der Waals surface area contributed by atoms with Crippen molar-refractivity contribution in [2.45, 2.75) is 37.9 Å². The molecule has 1 aromatic rings. The fourth-order valence-electron chi connectivity index (χ4n) is 1.97. The SMILES string of the molecule is CC1CCC(C(=O)Nc2ccccc2CCl)O1. The molecule has 17 heavy (non-hydrogen) atoms. The molecule has 3 nitrogen and oxygen atoms in total. The number of carbonyl (C=O) groups excluding carboxylic acids is 1. The summed E-state index contributed by atoms with van der Waals surface area (Å²) in [4.78, 5) is 11.9. The Morgan fingerprint density at radius 3 is 2.88 bits per heavy atom. The van der Waals surface area contributed by atoms with Crippen LogP contribution in [0.3, 0.4) is 0 Å². The first-order chi connectivity index (χ1) is 8.20. The van der Waals surface area contributed by atoms with Crippen LogP contribution >= 0.6 is 11.6 Å². The molecule has 1 heterocycles. The zero-order valence-corrected chi connectivity index (χ0v) is 10.5. The Morgan fingerprint density at radius 2 is 2.24 bits per heavy atom. The van der Waals surface area contributed by atoms with Gasteiger partial charge in [0.15, 0.2) is 0 Å². The van der Waals surface area contributed by atoms with Crippen LogP contribution in [0.2, 0.25) is 0 Å². The Hall–Kier alpha value is -1.06. The highest BCUT2D eigenvalue weighted by Gasteiger charge is 2.28. The summed E-state index contributed by atoms with van der Waals surface area (Å²) >= 11 is 5.82. The van der Waals surface area contributed by atoms with E-state index < -0.39 is 0 Å². The first-order valence-corrected chi connectivity index (χ1v) is 6.34. The van der Waals surface area contributed by atoms with Gasteiger partial charge in [0.05, 0.1) is 6.10 Å². The quantitative estimate of drug-likeness (QED) is 0.842. The number of nitrogens with one attached hydrogen (secondary N) is 1. The molecule has 2 unspecified atom stereocenters. The Morgan fingerprint density at radius 1 is 1.47 bits per heavy atom. The van der Waals surface area contributed by atoms with Gasteiger partial charge in [-0.05, 0) is 31.4 Å². The van der Waals surface area contributed by atoms with Gasteiger partial charge in [-0.3, -0.25) is 4.79 Å². The van der Waals surface area contributed by atoms with E-state index in [4.69, 9.17) is 16.3 Å². The van der Waals surface area contributed by atoms with Crippen LogP contribution in [0.25, 0.3) is 0 Å². The summed E-state index contributed by atoms with van der Waals surface area (Å²) in [5.74, 6) is 0.310. The zero-order chi connectivity index (χ0) is 12.3. The van der Waals surface area contributed by atoms with Gasteiger partial charge in [-0.2, -0.15) is 0 Å². The summed E-state index contributed by atoms with van der Waals surface area (Å²) < 4.78 is 5.52. The maximum Gasteiger partial charge on any atom is 0.253 e. The van der Waals surface area contributed by atoms with Gasteiger partial charge < -0.3 is 10.1 Å². The number of hydrogen-bond donors (Lipinski definition) is 1. The highest BCUT2D eigenvalue weighted by molar-refractivity contribution is 6.17. The fourth-order valence-corrected chi connectivity index (χ4v) is 2.20. The van der Waals surface area contributed by atoms with E-state index in [1.54, 1.807) is 0 Å². The normalized spacial score (nSPS) is 23.6. The number of hydrogen-bond acceptors (Lipinski definition) is 2. The minimum atomic E-state index is -0.326. The zero-order valence-electron chi connectivity index (χ0n) is 9.78. The summed E-state index contributed by atoms with van der Waals surface area (Å²) in [5.41, 5.74) is 1.70. The van der Waals surface area contributed by atoms with E-state index in [0.717, 1.165) is 24.1 Å². The molecule has 1 aliphatic heterocycles. The van der Waals surface area contributed by atoms with Gasteiger partial charge in [-0.25, -0.2) is 0 Å². The molecule has 0 aromatic heterocycles. The second-order valence-corrected chi connectivity index (χ2v) is 4.56. The molecule has 4 heteroatoms. The van der Waals surface area contributed by atoms with Crippen molar-refractivity contribution in [1.82, 2.24) is 0 Å². The summed E-state index contributed by atoms with van der Waals surface area (Å²) in [5, 5.41) is 2.88. The predicted octanol–water partition coefficient (Wildman–Crippen LogP) is 2.93. The van der Waals surface area contributed by atoms with Gasteiger partial charge in [0, 0.05) is 11.6 Å². The van der Waals surface area contributed by atoms with E-state index in [1.807, 2.05) is 31.2 Å². The van der Waals surface area contributed by atoms with Crippen LogP contribution in [0.1, 0.15) is 25.3 Å². The van der Waals surface area contributed by atoms with E-state index in [9.17, 15) is 4.79 Å². The smallest absolute Gasteiger partial charge is 0.253 e. The highest BCUT2D eigenvalue weighted by Crippen LogP contribution is 2.22. The van der Waals surface area contributed by atoms with Crippen molar-refractivity contribution in [2.24, 2.45) is 0 Å². The van der Waals surface area contributed by atoms with E-state index in [-0.39, 0.29) is 18.1 Å². The average molecular weight is 254 g/mol. The lowest BCUT2D eigenvalue weighted by molar-refractivity contribution is -0.126. The molecule has 1 aliphatic rings. The molecule has 1 amide bonds. The van der Waals surface area contributed by atoms with E-state index >= 15 is 0 Å². The van der Waals surface area contributed by atoms with Gasteiger partial charge in [-0.15, -0.1) is 11.6 Å². The Kier molecular flexibility index (Phi) is 4.02. The van der Waals surface area contributed by atoms with E-state index in [2.05, 4.69) is 5.32 Å². The van der Waals surface area contributed by atoms with Crippen molar-refractivity contribution in [2.75, 3.05) is 5.32 Å². The molecule has 2 rings (SSSR count). The van der Waals surface area contributed by atoms with Gasteiger partial charge in [0.2, 0.25) is 0 Å². The molecule has 92 valence electrons. The molecular formula is C13H16ClNO2. The van der Waals surface area contributed by atoms with Gasteiger partial charge >= 0.3 is 0 Å². The van der Waals surface area contributed by atoms with Gasteiger partial charge in [0.1, 0.15) is 6.10 Å². The van der Waals surface area contributed by atoms with Crippen molar-refractivity contribution in [3.8, 4) is 0 Å². The third-order valence-electron chi connectivity index (χ3n) is 2.94. The van der Waals surface area contributed by atoms with Crippen LogP contribution in [0.5, 0.6) is 0 Å². The number of alkyl halides is 1. The lowest BCUT2D eigenvalue weighted by atomic mass is 10.1. The number of para-hydroxylation sites is 1. The largest absolute Gasteiger partial charge is 0.365 e. The number of ether oxygens (including phenoxy) is 1. The molecule has 0 radical (unpaired) electrons. The number of carbonyl (C=O) groups is 1. The molecule has 0 spiro atoms. The highest BCUT2D eigenvalue weighted by atomic mass is 35.5. The molecule has 2 atom stereocenters. The van der Waals surface area contributed by atoms with Crippen molar-refractivity contribution in [3.05, 3.63) is 29.8 Å². The molecule has 0 bridgehead atoms. The Labute approximate surface area is 106 Å². The van der Waals surface area contributed by atoms with Crippen LogP contribution < -0.4 is 5.32 Å². The molecule has 1 saturated heterocycles. The third kappa shape index (κ3) is 2.99. The maximum atomic E-state index is 11.9. The monoisotopic (exact) mass is 253 g/mol. The number of halogens is 1. The molecule has 0 aliphatic carbocycles. The average Bonchev–Trinajstić information content (AvgIpc) is 2.77. The van der Waals surface area contributed by atoms with Crippen molar-refractivity contribution in [3.63, 3.8) is 0 Å². The third-order valence-corrected chi connectivity index (χ3v) is 3.23. The minimum Gasteiger partial charge on any atom is -0.365 e. The molecular weight excluding hydrogens is 238 g/mol.